The molecule has 0 bridgehead atoms. The second kappa shape index (κ2) is 5.78. The van der Waals surface area contributed by atoms with Gasteiger partial charge >= 0.3 is 0 Å². The van der Waals surface area contributed by atoms with Crippen molar-refractivity contribution in [3.05, 3.63) is 75.9 Å². The van der Waals surface area contributed by atoms with Crippen molar-refractivity contribution in [1.29, 1.82) is 0 Å². The minimum Gasteiger partial charge on any atom is -0.0801 e. The van der Waals surface area contributed by atoms with Gasteiger partial charge in [0.1, 0.15) is 0 Å². The Balaban J connectivity index is 2.10. The molecule has 0 nitrogen and oxygen atoms in total. The number of rotatable bonds is 3. The molecular weight excluding hydrogens is 271 g/mol. The highest BCUT2D eigenvalue weighted by Crippen LogP contribution is 2.61. The maximum atomic E-state index is 2.38. The highest BCUT2D eigenvalue weighted by atomic mass is 31.1. The quantitative estimate of drug-likeness (QED) is 0.609. The van der Waals surface area contributed by atoms with Gasteiger partial charge in [0.25, 0.3) is 0 Å². The third-order valence-corrected chi connectivity index (χ3v) is 7.82. The van der Waals surface area contributed by atoms with Crippen LogP contribution in [-0.2, 0) is 0 Å². The first-order valence-electron chi connectivity index (χ1n) is 7.70. The molecular formula is C20H23P. The van der Waals surface area contributed by atoms with Crippen molar-refractivity contribution in [1.82, 2.24) is 0 Å². The smallest absolute Gasteiger partial charge is 0.00362 e. The van der Waals surface area contributed by atoms with Crippen LogP contribution in [0.25, 0.3) is 0 Å². The van der Waals surface area contributed by atoms with Crippen molar-refractivity contribution in [3.8, 4) is 0 Å². The lowest BCUT2D eigenvalue weighted by Crippen LogP contribution is -2.07. The Kier molecular flexibility index (Phi) is 4.00. The van der Waals surface area contributed by atoms with Crippen LogP contribution in [0.4, 0.5) is 0 Å². The summed E-state index contributed by atoms with van der Waals surface area (Å²) in [5, 5.41) is 4.76. The first-order chi connectivity index (χ1) is 10.1. The molecule has 0 aromatic heterocycles. The number of benzene rings is 1. The van der Waals surface area contributed by atoms with Gasteiger partial charge in [-0.1, -0.05) is 61.1 Å². The Bertz CT molecular complexity index is 671. The van der Waals surface area contributed by atoms with Crippen LogP contribution in [-0.4, -0.2) is 0 Å². The highest BCUT2D eigenvalue weighted by Gasteiger charge is 2.32. The van der Waals surface area contributed by atoms with Crippen molar-refractivity contribution >= 4 is 13.2 Å². The summed E-state index contributed by atoms with van der Waals surface area (Å²) in [5.74, 6) is 0.581. The molecule has 1 heteroatoms. The van der Waals surface area contributed by atoms with E-state index in [4.69, 9.17) is 0 Å². The summed E-state index contributed by atoms with van der Waals surface area (Å²) in [4.78, 5) is 0. The minimum atomic E-state index is -0.353. The first kappa shape index (κ1) is 14.5. The van der Waals surface area contributed by atoms with Crippen LogP contribution in [0.15, 0.2) is 75.9 Å². The van der Waals surface area contributed by atoms with E-state index in [-0.39, 0.29) is 7.92 Å². The van der Waals surface area contributed by atoms with Crippen molar-refractivity contribution in [3.63, 3.8) is 0 Å². The Hall–Kier alpha value is -1.39. The van der Waals surface area contributed by atoms with Gasteiger partial charge in [-0.25, -0.2) is 0 Å². The maximum absolute atomic E-state index is 2.38. The molecule has 2 aliphatic carbocycles. The summed E-state index contributed by atoms with van der Waals surface area (Å²) in [5.41, 5.74) is 4.59. The predicted molar refractivity (Wildman–Crippen MR) is 95.1 cm³/mol. The van der Waals surface area contributed by atoms with Gasteiger partial charge in [0.15, 0.2) is 0 Å². The van der Waals surface area contributed by atoms with Crippen LogP contribution in [0.5, 0.6) is 0 Å². The fourth-order valence-corrected chi connectivity index (χ4v) is 6.34. The van der Waals surface area contributed by atoms with E-state index in [0.29, 0.717) is 5.92 Å². The predicted octanol–water partition coefficient (Wildman–Crippen LogP) is 5.90. The molecule has 0 saturated heterocycles. The standard InChI is InChI=1S/C20H23P/c1-14-15(2)17(4)20(16(14)3)21(19-12-8-9-13-19)18-10-6-5-7-11-18/h5-12,16H,13H2,1-4H3. The van der Waals surface area contributed by atoms with E-state index in [1.54, 1.807) is 16.2 Å². The SMILES string of the molecule is CC1=C(C)C(C)C(P(C2=CC=CC2)c2ccccc2)=C1C. The zero-order valence-corrected chi connectivity index (χ0v) is 14.2. The monoisotopic (exact) mass is 294 g/mol. The van der Waals surface area contributed by atoms with Gasteiger partial charge in [-0.15, -0.1) is 0 Å². The second-order valence-corrected chi connectivity index (χ2v) is 8.24. The zero-order valence-electron chi connectivity index (χ0n) is 13.4. The molecule has 3 rings (SSSR count). The molecule has 21 heavy (non-hydrogen) atoms. The van der Waals surface area contributed by atoms with Crippen LogP contribution in [0.3, 0.4) is 0 Å². The maximum Gasteiger partial charge on any atom is 0.00362 e. The van der Waals surface area contributed by atoms with Crippen LogP contribution < -0.4 is 5.30 Å². The van der Waals surface area contributed by atoms with E-state index in [2.05, 4.69) is 76.3 Å². The van der Waals surface area contributed by atoms with Gasteiger partial charge in [-0.2, -0.15) is 0 Å². The van der Waals surface area contributed by atoms with Gasteiger partial charge in [-0.05, 0) is 62.2 Å². The van der Waals surface area contributed by atoms with Crippen LogP contribution in [0.1, 0.15) is 34.1 Å². The summed E-state index contributed by atoms with van der Waals surface area (Å²) in [7, 11) is -0.353. The number of hydrogen-bond donors (Lipinski definition) is 0. The largest absolute Gasteiger partial charge is 0.0801 e. The fraction of sp³-hybridized carbons (Fsp3) is 0.300. The number of allylic oxidation sites excluding steroid dienone is 8. The van der Waals surface area contributed by atoms with Crippen molar-refractivity contribution in [2.75, 3.05) is 0 Å². The summed E-state index contributed by atoms with van der Waals surface area (Å²) < 4.78 is 0. The summed E-state index contributed by atoms with van der Waals surface area (Å²) in [6.45, 7) is 9.29. The molecule has 0 saturated carbocycles. The molecule has 0 spiro atoms. The van der Waals surface area contributed by atoms with E-state index in [0.717, 1.165) is 6.42 Å². The number of hydrogen-bond acceptors (Lipinski definition) is 0. The molecule has 0 radical (unpaired) electrons. The lowest BCUT2D eigenvalue weighted by atomic mass is 10.1. The third kappa shape index (κ3) is 2.47. The molecule has 2 unspecified atom stereocenters. The molecule has 108 valence electrons. The zero-order chi connectivity index (χ0) is 15.0. The van der Waals surface area contributed by atoms with Crippen molar-refractivity contribution in [2.45, 2.75) is 34.1 Å². The van der Waals surface area contributed by atoms with Crippen LogP contribution >= 0.6 is 7.92 Å². The lowest BCUT2D eigenvalue weighted by molar-refractivity contribution is 0.858. The first-order valence-corrected chi connectivity index (χ1v) is 9.04. The topological polar surface area (TPSA) is 0 Å². The van der Waals surface area contributed by atoms with E-state index in [1.807, 2.05) is 0 Å². The van der Waals surface area contributed by atoms with Crippen LogP contribution in [0.2, 0.25) is 0 Å². The molecule has 0 heterocycles. The van der Waals surface area contributed by atoms with E-state index in [9.17, 15) is 0 Å². The average molecular weight is 294 g/mol. The summed E-state index contributed by atoms with van der Waals surface area (Å²) >= 11 is 0. The second-order valence-electron chi connectivity index (χ2n) is 6.00. The molecule has 0 aliphatic heterocycles. The molecule has 0 N–H and O–H groups in total. The fourth-order valence-electron chi connectivity index (χ4n) is 3.34. The molecule has 1 aromatic rings. The van der Waals surface area contributed by atoms with E-state index >= 15 is 0 Å². The Morgan fingerprint density at radius 1 is 1.00 bits per heavy atom. The van der Waals surface area contributed by atoms with Gasteiger partial charge in [-0.3, -0.25) is 0 Å². The lowest BCUT2D eigenvalue weighted by Gasteiger charge is -2.26. The Labute approximate surface area is 129 Å². The summed E-state index contributed by atoms with van der Waals surface area (Å²) in [6, 6.07) is 11.1. The molecule has 1 aromatic carbocycles. The average Bonchev–Trinajstić information content (AvgIpc) is 3.09. The molecule has 0 fully saturated rings. The van der Waals surface area contributed by atoms with E-state index in [1.165, 1.54) is 16.5 Å². The van der Waals surface area contributed by atoms with Crippen molar-refractivity contribution in [2.24, 2.45) is 5.92 Å². The Morgan fingerprint density at radius 3 is 2.24 bits per heavy atom. The summed E-state index contributed by atoms with van der Waals surface area (Å²) in [6.07, 6.45) is 7.96. The van der Waals surface area contributed by atoms with Crippen LogP contribution in [0, 0.1) is 5.92 Å². The molecule has 2 aliphatic rings. The normalized spacial score (nSPS) is 23.0. The van der Waals surface area contributed by atoms with Gasteiger partial charge in [0.05, 0.1) is 0 Å². The third-order valence-electron chi connectivity index (χ3n) is 4.89. The Morgan fingerprint density at radius 2 is 1.71 bits per heavy atom. The highest BCUT2D eigenvalue weighted by molar-refractivity contribution is 7.73. The van der Waals surface area contributed by atoms with Gasteiger partial charge < -0.3 is 0 Å². The van der Waals surface area contributed by atoms with Gasteiger partial charge in [0.2, 0.25) is 0 Å². The van der Waals surface area contributed by atoms with E-state index < -0.39 is 0 Å². The molecule has 0 amide bonds. The molecule has 2 atom stereocenters. The van der Waals surface area contributed by atoms with Gasteiger partial charge in [0, 0.05) is 5.92 Å². The van der Waals surface area contributed by atoms with Crippen molar-refractivity contribution < 1.29 is 0 Å². The minimum absolute atomic E-state index is 0.353.